The standard InChI is InChI=1S/C25H22O4/c1-16-13-19(9-11-22(16)28-15-18-7-5-4-6-8-18)24-14-21-23(29-24)12-10-20(17(2)26)25(21)27-3/h4-14H,15H2,1-3H3. The largest absolute Gasteiger partial charge is 0.495 e. The molecule has 0 amide bonds. The summed E-state index contributed by atoms with van der Waals surface area (Å²) in [6.07, 6.45) is 0. The van der Waals surface area contributed by atoms with E-state index >= 15 is 0 Å². The maximum absolute atomic E-state index is 11.9. The van der Waals surface area contributed by atoms with Crippen LogP contribution in [0.5, 0.6) is 11.5 Å². The molecule has 0 aliphatic carbocycles. The van der Waals surface area contributed by atoms with Gasteiger partial charge in [0.15, 0.2) is 5.78 Å². The predicted octanol–water partition coefficient (Wildman–Crippen LogP) is 6.20. The Kier molecular flexibility index (Phi) is 5.09. The molecule has 4 nitrogen and oxygen atoms in total. The van der Waals surface area contributed by atoms with Gasteiger partial charge in [0.2, 0.25) is 0 Å². The van der Waals surface area contributed by atoms with Crippen molar-refractivity contribution in [3.8, 4) is 22.8 Å². The van der Waals surface area contributed by atoms with Crippen LogP contribution in [-0.4, -0.2) is 12.9 Å². The molecule has 3 aromatic carbocycles. The van der Waals surface area contributed by atoms with E-state index < -0.39 is 0 Å². The zero-order valence-electron chi connectivity index (χ0n) is 16.7. The van der Waals surface area contributed by atoms with Crippen LogP contribution < -0.4 is 9.47 Å². The Morgan fingerprint density at radius 3 is 2.48 bits per heavy atom. The minimum absolute atomic E-state index is 0.0396. The van der Waals surface area contributed by atoms with Crippen molar-refractivity contribution in [2.75, 3.05) is 7.11 Å². The Morgan fingerprint density at radius 1 is 1.00 bits per heavy atom. The highest BCUT2D eigenvalue weighted by molar-refractivity contribution is 6.03. The van der Waals surface area contributed by atoms with Gasteiger partial charge in [0.25, 0.3) is 0 Å². The third-order valence-corrected chi connectivity index (χ3v) is 4.93. The third-order valence-electron chi connectivity index (χ3n) is 4.93. The van der Waals surface area contributed by atoms with Gasteiger partial charge < -0.3 is 13.9 Å². The Labute approximate surface area is 169 Å². The summed E-state index contributed by atoms with van der Waals surface area (Å²) in [5, 5.41) is 0.789. The summed E-state index contributed by atoms with van der Waals surface area (Å²) < 4.78 is 17.5. The van der Waals surface area contributed by atoms with E-state index in [0.29, 0.717) is 23.5 Å². The lowest BCUT2D eigenvalue weighted by Crippen LogP contribution is -1.97. The number of carbonyl (C=O) groups is 1. The third kappa shape index (κ3) is 3.74. The van der Waals surface area contributed by atoms with Crippen LogP contribution in [0, 0.1) is 6.92 Å². The zero-order chi connectivity index (χ0) is 20.4. The number of Topliss-reactive ketones (excluding diaryl/α,β-unsaturated/α-hetero) is 1. The average molecular weight is 386 g/mol. The van der Waals surface area contributed by atoms with Gasteiger partial charge >= 0.3 is 0 Å². The number of ether oxygens (including phenoxy) is 2. The quantitative estimate of drug-likeness (QED) is 0.370. The van der Waals surface area contributed by atoms with Crippen molar-refractivity contribution < 1.29 is 18.7 Å². The topological polar surface area (TPSA) is 48.7 Å². The van der Waals surface area contributed by atoms with Crippen molar-refractivity contribution in [3.63, 3.8) is 0 Å². The number of rotatable bonds is 6. The molecule has 0 N–H and O–H groups in total. The summed E-state index contributed by atoms with van der Waals surface area (Å²) in [6.45, 7) is 4.07. The maximum atomic E-state index is 11.9. The summed E-state index contributed by atoms with van der Waals surface area (Å²) in [7, 11) is 1.57. The smallest absolute Gasteiger partial charge is 0.163 e. The summed E-state index contributed by atoms with van der Waals surface area (Å²) in [5.41, 5.74) is 4.33. The Hall–Kier alpha value is -3.53. The fourth-order valence-electron chi connectivity index (χ4n) is 3.43. The molecule has 0 aliphatic rings. The fourth-order valence-corrected chi connectivity index (χ4v) is 3.43. The first-order valence-electron chi connectivity index (χ1n) is 9.46. The van der Waals surface area contributed by atoms with Gasteiger partial charge in [-0.1, -0.05) is 30.3 Å². The zero-order valence-corrected chi connectivity index (χ0v) is 16.7. The number of aryl methyl sites for hydroxylation is 1. The van der Waals surface area contributed by atoms with Crippen molar-refractivity contribution in [1.29, 1.82) is 0 Å². The molecule has 0 saturated heterocycles. The average Bonchev–Trinajstić information content (AvgIpc) is 3.17. The van der Waals surface area contributed by atoms with Gasteiger partial charge in [0.1, 0.15) is 29.4 Å². The molecule has 0 unspecified atom stereocenters. The van der Waals surface area contributed by atoms with E-state index in [-0.39, 0.29) is 5.78 Å². The highest BCUT2D eigenvalue weighted by Gasteiger charge is 2.16. The Bertz CT molecular complexity index is 1170. The molecule has 0 saturated carbocycles. The van der Waals surface area contributed by atoms with Crippen LogP contribution in [0.2, 0.25) is 0 Å². The highest BCUT2D eigenvalue weighted by atomic mass is 16.5. The molecule has 0 atom stereocenters. The molecule has 29 heavy (non-hydrogen) atoms. The van der Waals surface area contributed by atoms with E-state index in [1.54, 1.807) is 13.2 Å². The molecule has 146 valence electrons. The molecule has 1 aromatic heterocycles. The monoisotopic (exact) mass is 386 g/mol. The normalized spacial score (nSPS) is 10.9. The van der Waals surface area contributed by atoms with E-state index in [2.05, 4.69) is 0 Å². The molecule has 0 aliphatic heterocycles. The first kappa shape index (κ1) is 18.8. The van der Waals surface area contributed by atoms with E-state index in [9.17, 15) is 4.79 Å². The van der Waals surface area contributed by atoms with Crippen LogP contribution in [0.1, 0.15) is 28.4 Å². The van der Waals surface area contributed by atoms with Crippen LogP contribution in [0.3, 0.4) is 0 Å². The Morgan fingerprint density at radius 2 is 1.79 bits per heavy atom. The molecule has 1 heterocycles. The van der Waals surface area contributed by atoms with Gasteiger partial charge in [-0.2, -0.15) is 0 Å². The second-order valence-electron chi connectivity index (χ2n) is 6.98. The van der Waals surface area contributed by atoms with Gasteiger partial charge in [-0.15, -0.1) is 0 Å². The number of hydrogen-bond acceptors (Lipinski definition) is 4. The predicted molar refractivity (Wildman–Crippen MR) is 114 cm³/mol. The van der Waals surface area contributed by atoms with E-state index in [4.69, 9.17) is 13.9 Å². The van der Waals surface area contributed by atoms with Crippen LogP contribution in [0.25, 0.3) is 22.3 Å². The fraction of sp³-hybridized carbons (Fsp3) is 0.160. The molecule has 4 rings (SSSR count). The molecule has 4 heteroatoms. The van der Waals surface area contributed by atoms with E-state index in [1.807, 2.05) is 67.6 Å². The minimum atomic E-state index is -0.0396. The lowest BCUT2D eigenvalue weighted by atomic mass is 10.1. The summed E-state index contributed by atoms with van der Waals surface area (Å²) >= 11 is 0. The van der Waals surface area contributed by atoms with E-state index in [1.165, 1.54) is 6.92 Å². The molecule has 0 radical (unpaired) electrons. The van der Waals surface area contributed by atoms with Crippen molar-refractivity contribution in [1.82, 2.24) is 0 Å². The number of fused-ring (bicyclic) bond motifs is 1. The van der Waals surface area contributed by atoms with Crippen LogP contribution in [0.15, 0.2) is 71.1 Å². The number of furan rings is 1. The Balaban J connectivity index is 1.64. The summed E-state index contributed by atoms with van der Waals surface area (Å²) in [4.78, 5) is 11.9. The second-order valence-corrected chi connectivity index (χ2v) is 6.98. The number of carbonyl (C=O) groups excluding carboxylic acids is 1. The van der Waals surface area contributed by atoms with Crippen molar-refractivity contribution in [2.45, 2.75) is 20.5 Å². The van der Waals surface area contributed by atoms with Crippen LogP contribution >= 0.6 is 0 Å². The first-order valence-corrected chi connectivity index (χ1v) is 9.46. The molecule has 0 spiro atoms. The lowest BCUT2D eigenvalue weighted by Gasteiger charge is -2.10. The van der Waals surface area contributed by atoms with Crippen molar-refractivity contribution >= 4 is 16.8 Å². The molecule has 0 fully saturated rings. The summed E-state index contributed by atoms with van der Waals surface area (Å²) in [6, 6.07) is 21.5. The van der Waals surface area contributed by atoms with Gasteiger partial charge in [0.05, 0.1) is 18.1 Å². The number of ketones is 1. The number of methoxy groups -OCH3 is 1. The summed E-state index contributed by atoms with van der Waals surface area (Å²) in [5.74, 6) is 2.06. The minimum Gasteiger partial charge on any atom is -0.495 e. The number of hydrogen-bond donors (Lipinski definition) is 0. The molecule has 0 bridgehead atoms. The highest BCUT2D eigenvalue weighted by Crippen LogP contribution is 2.37. The molecule has 4 aromatic rings. The van der Waals surface area contributed by atoms with Crippen molar-refractivity contribution in [2.24, 2.45) is 0 Å². The second kappa shape index (κ2) is 7.84. The lowest BCUT2D eigenvalue weighted by molar-refractivity contribution is 0.101. The first-order chi connectivity index (χ1) is 14.1. The van der Waals surface area contributed by atoms with Crippen molar-refractivity contribution in [3.05, 3.63) is 83.4 Å². The SMILES string of the molecule is COc1c(C(C)=O)ccc2oc(-c3ccc(OCc4ccccc4)c(C)c3)cc12. The maximum Gasteiger partial charge on any atom is 0.163 e. The van der Waals surface area contributed by atoms with Gasteiger partial charge in [0, 0.05) is 5.56 Å². The van der Waals surface area contributed by atoms with E-state index in [0.717, 1.165) is 33.6 Å². The molecular weight excluding hydrogens is 364 g/mol. The van der Waals surface area contributed by atoms with Gasteiger partial charge in [-0.25, -0.2) is 0 Å². The van der Waals surface area contributed by atoms with Crippen LogP contribution in [0.4, 0.5) is 0 Å². The molecular formula is C25H22O4. The van der Waals surface area contributed by atoms with Gasteiger partial charge in [-0.3, -0.25) is 4.79 Å². The van der Waals surface area contributed by atoms with Crippen LogP contribution in [-0.2, 0) is 6.61 Å². The number of benzene rings is 3. The van der Waals surface area contributed by atoms with Gasteiger partial charge in [-0.05, 0) is 61.4 Å².